The normalized spacial score (nSPS) is 18.1. The van der Waals surface area contributed by atoms with E-state index in [4.69, 9.17) is 11.6 Å². The van der Waals surface area contributed by atoms with E-state index in [0.29, 0.717) is 6.04 Å². The summed E-state index contributed by atoms with van der Waals surface area (Å²) in [4.78, 5) is 1.20. The first-order valence-electron chi connectivity index (χ1n) is 6.84. The second-order valence-corrected chi connectivity index (χ2v) is 6.58. The number of benzene rings is 1. The summed E-state index contributed by atoms with van der Waals surface area (Å²) in [6, 6.07) is 8.72. The van der Waals surface area contributed by atoms with E-state index >= 15 is 0 Å². The maximum atomic E-state index is 6.18. The second kappa shape index (κ2) is 7.42. The molecule has 0 amide bonds. The van der Waals surface area contributed by atoms with Crippen molar-refractivity contribution in [2.75, 3.05) is 12.8 Å². The predicted octanol–water partition coefficient (Wildman–Crippen LogP) is 4.60. The summed E-state index contributed by atoms with van der Waals surface area (Å²) in [5.74, 6) is 2.05. The van der Waals surface area contributed by atoms with Crippen molar-refractivity contribution in [1.82, 2.24) is 5.32 Å². The summed E-state index contributed by atoms with van der Waals surface area (Å²) in [5.41, 5.74) is 0. The molecule has 18 heavy (non-hydrogen) atoms. The minimum Gasteiger partial charge on any atom is -0.316 e. The van der Waals surface area contributed by atoms with Crippen LogP contribution in [0.2, 0.25) is 5.02 Å². The average molecular weight is 284 g/mol. The van der Waals surface area contributed by atoms with E-state index in [9.17, 15) is 0 Å². The topological polar surface area (TPSA) is 12.0 Å². The molecule has 0 aliphatic heterocycles. The number of nitrogens with one attached hydrogen (secondary N) is 1. The lowest BCUT2D eigenvalue weighted by molar-refractivity contribution is 0.427. The van der Waals surface area contributed by atoms with E-state index in [2.05, 4.69) is 24.5 Å². The van der Waals surface area contributed by atoms with Gasteiger partial charge >= 0.3 is 0 Å². The van der Waals surface area contributed by atoms with Crippen LogP contribution in [0.15, 0.2) is 29.2 Å². The standard InChI is InChI=1S/C15H22ClNS/c1-17-13(10-12-6-2-3-7-12)11-18-15-9-5-4-8-14(15)16/h4-5,8-9,12-13,17H,2-3,6-7,10-11H2,1H3. The molecule has 1 atom stereocenters. The van der Waals surface area contributed by atoms with Crippen LogP contribution in [0.4, 0.5) is 0 Å². The van der Waals surface area contributed by atoms with Gasteiger partial charge in [-0.2, -0.15) is 0 Å². The molecule has 1 aromatic carbocycles. The number of halogens is 1. The lowest BCUT2D eigenvalue weighted by Gasteiger charge is -2.19. The fourth-order valence-electron chi connectivity index (χ4n) is 2.67. The van der Waals surface area contributed by atoms with Crippen LogP contribution in [0.25, 0.3) is 0 Å². The van der Waals surface area contributed by atoms with Crippen molar-refractivity contribution in [3.05, 3.63) is 29.3 Å². The minimum atomic E-state index is 0.606. The van der Waals surface area contributed by atoms with Gasteiger partial charge in [-0.05, 0) is 31.5 Å². The van der Waals surface area contributed by atoms with Crippen molar-refractivity contribution in [3.8, 4) is 0 Å². The van der Waals surface area contributed by atoms with Gasteiger partial charge in [0.15, 0.2) is 0 Å². The molecule has 1 saturated carbocycles. The van der Waals surface area contributed by atoms with Gasteiger partial charge in [0, 0.05) is 16.7 Å². The molecule has 0 spiro atoms. The Labute approximate surface area is 120 Å². The largest absolute Gasteiger partial charge is 0.316 e. The number of hydrogen-bond donors (Lipinski definition) is 1. The Balaban J connectivity index is 1.81. The lowest BCUT2D eigenvalue weighted by Crippen LogP contribution is -2.29. The van der Waals surface area contributed by atoms with Gasteiger partial charge in [0.2, 0.25) is 0 Å². The Hall–Kier alpha value is -0.180. The first-order chi connectivity index (χ1) is 8.79. The van der Waals surface area contributed by atoms with Crippen LogP contribution in [0, 0.1) is 5.92 Å². The smallest absolute Gasteiger partial charge is 0.0541 e. The fourth-order valence-corrected chi connectivity index (χ4v) is 4.03. The van der Waals surface area contributed by atoms with Crippen molar-refractivity contribution >= 4 is 23.4 Å². The van der Waals surface area contributed by atoms with Crippen molar-refractivity contribution in [1.29, 1.82) is 0 Å². The van der Waals surface area contributed by atoms with Crippen molar-refractivity contribution in [2.24, 2.45) is 5.92 Å². The number of thioether (sulfide) groups is 1. The van der Waals surface area contributed by atoms with Gasteiger partial charge in [-0.15, -0.1) is 11.8 Å². The number of rotatable bonds is 6. The monoisotopic (exact) mass is 283 g/mol. The first-order valence-corrected chi connectivity index (χ1v) is 8.20. The van der Waals surface area contributed by atoms with Gasteiger partial charge in [-0.1, -0.05) is 49.4 Å². The summed E-state index contributed by atoms with van der Waals surface area (Å²) in [7, 11) is 2.08. The molecular weight excluding hydrogens is 262 g/mol. The van der Waals surface area contributed by atoms with Crippen LogP contribution in [-0.4, -0.2) is 18.8 Å². The molecule has 1 N–H and O–H groups in total. The Bertz CT molecular complexity index is 363. The lowest BCUT2D eigenvalue weighted by atomic mass is 9.99. The van der Waals surface area contributed by atoms with Gasteiger partial charge in [-0.25, -0.2) is 0 Å². The van der Waals surface area contributed by atoms with Crippen molar-refractivity contribution < 1.29 is 0 Å². The third-order valence-corrected chi connectivity index (χ3v) is 5.46. The summed E-state index contributed by atoms with van der Waals surface area (Å²) in [5, 5.41) is 4.33. The predicted molar refractivity (Wildman–Crippen MR) is 81.6 cm³/mol. The fraction of sp³-hybridized carbons (Fsp3) is 0.600. The average Bonchev–Trinajstić information content (AvgIpc) is 2.89. The minimum absolute atomic E-state index is 0.606. The summed E-state index contributed by atoms with van der Waals surface area (Å²) in [6.45, 7) is 0. The SMILES string of the molecule is CNC(CSc1ccccc1Cl)CC1CCCC1. The highest BCUT2D eigenvalue weighted by Gasteiger charge is 2.19. The molecule has 1 aliphatic rings. The Morgan fingerprint density at radius 1 is 1.33 bits per heavy atom. The van der Waals surface area contributed by atoms with Crippen LogP contribution in [-0.2, 0) is 0 Å². The zero-order valence-corrected chi connectivity index (χ0v) is 12.6. The van der Waals surface area contributed by atoms with Gasteiger partial charge in [-0.3, -0.25) is 0 Å². The van der Waals surface area contributed by atoms with Gasteiger partial charge in [0.05, 0.1) is 5.02 Å². The third-order valence-electron chi connectivity index (χ3n) is 3.78. The van der Waals surface area contributed by atoms with Gasteiger partial charge in [0.1, 0.15) is 0 Å². The van der Waals surface area contributed by atoms with E-state index in [0.717, 1.165) is 16.7 Å². The van der Waals surface area contributed by atoms with Crippen LogP contribution >= 0.6 is 23.4 Å². The zero-order chi connectivity index (χ0) is 12.8. The van der Waals surface area contributed by atoms with E-state index in [1.54, 1.807) is 0 Å². The highest BCUT2D eigenvalue weighted by molar-refractivity contribution is 7.99. The molecule has 2 rings (SSSR count). The highest BCUT2D eigenvalue weighted by Crippen LogP contribution is 2.31. The molecule has 100 valence electrons. The quantitative estimate of drug-likeness (QED) is 0.766. The molecule has 1 nitrogen and oxygen atoms in total. The van der Waals surface area contributed by atoms with Crippen LogP contribution in [0.5, 0.6) is 0 Å². The van der Waals surface area contributed by atoms with Crippen molar-refractivity contribution in [3.63, 3.8) is 0 Å². The molecule has 0 radical (unpaired) electrons. The molecule has 0 bridgehead atoms. The van der Waals surface area contributed by atoms with Crippen LogP contribution < -0.4 is 5.32 Å². The molecule has 1 fully saturated rings. The molecule has 0 aromatic heterocycles. The summed E-state index contributed by atoms with van der Waals surface area (Å²) in [6.07, 6.45) is 7.02. The van der Waals surface area contributed by atoms with E-state index < -0.39 is 0 Å². The first kappa shape index (κ1) is 14.2. The number of hydrogen-bond acceptors (Lipinski definition) is 2. The summed E-state index contributed by atoms with van der Waals surface area (Å²) >= 11 is 8.05. The second-order valence-electron chi connectivity index (χ2n) is 5.11. The molecular formula is C15H22ClNS. The Morgan fingerprint density at radius 3 is 2.72 bits per heavy atom. The van der Waals surface area contributed by atoms with Gasteiger partial charge < -0.3 is 5.32 Å². The van der Waals surface area contributed by atoms with E-state index in [-0.39, 0.29) is 0 Å². The van der Waals surface area contributed by atoms with Crippen LogP contribution in [0.1, 0.15) is 32.1 Å². The third kappa shape index (κ3) is 4.18. The highest BCUT2D eigenvalue weighted by atomic mass is 35.5. The maximum absolute atomic E-state index is 6.18. The van der Waals surface area contributed by atoms with Crippen molar-refractivity contribution in [2.45, 2.75) is 43.0 Å². The molecule has 0 heterocycles. The van der Waals surface area contributed by atoms with Gasteiger partial charge in [0.25, 0.3) is 0 Å². The van der Waals surface area contributed by atoms with E-state index in [1.807, 2.05) is 23.9 Å². The molecule has 1 aliphatic carbocycles. The Morgan fingerprint density at radius 2 is 2.06 bits per heavy atom. The maximum Gasteiger partial charge on any atom is 0.0541 e. The van der Waals surface area contributed by atoms with Crippen LogP contribution in [0.3, 0.4) is 0 Å². The molecule has 3 heteroatoms. The Kier molecular flexibility index (Phi) is 5.87. The summed E-state index contributed by atoms with van der Waals surface area (Å²) < 4.78 is 0. The molecule has 1 aromatic rings. The zero-order valence-electron chi connectivity index (χ0n) is 11.0. The molecule has 1 unspecified atom stereocenters. The molecule has 0 saturated heterocycles. The van der Waals surface area contributed by atoms with E-state index in [1.165, 1.54) is 37.0 Å².